The number of ether oxygens (including phenoxy) is 1. The number of hydrogen-bond donors (Lipinski definition) is 1. The highest BCUT2D eigenvalue weighted by Gasteiger charge is 2.35. The average molecular weight is 393 g/mol. The van der Waals surface area contributed by atoms with Gasteiger partial charge in [0.25, 0.3) is 0 Å². The van der Waals surface area contributed by atoms with Crippen LogP contribution in [0.15, 0.2) is 42.5 Å². The zero-order valence-electron chi connectivity index (χ0n) is 17.0. The number of nitrogens with one attached hydrogen (secondary N) is 1. The molecule has 2 aliphatic rings. The SMILES string of the molecule is COc1ccc(C)cc1NC(=O)C1CC(=O)N(c2ccc(N3CCCC3)cc2)C1. The van der Waals surface area contributed by atoms with E-state index < -0.39 is 0 Å². The Balaban J connectivity index is 1.43. The van der Waals surface area contributed by atoms with Crippen molar-refractivity contribution in [2.75, 3.05) is 41.9 Å². The molecule has 2 aromatic carbocycles. The molecule has 1 unspecified atom stereocenters. The van der Waals surface area contributed by atoms with Crippen LogP contribution in [-0.4, -0.2) is 38.6 Å². The van der Waals surface area contributed by atoms with Gasteiger partial charge in [0.1, 0.15) is 5.75 Å². The molecule has 29 heavy (non-hydrogen) atoms. The van der Waals surface area contributed by atoms with E-state index in [-0.39, 0.29) is 24.2 Å². The molecule has 0 saturated carbocycles. The number of rotatable bonds is 5. The summed E-state index contributed by atoms with van der Waals surface area (Å²) in [5, 5.41) is 2.93. The first-order chi connectivity index (χ1) is 14.0. The van der Waals surface area contributed by atoms with Gasteiger partial charge in [-0.15, -0.1) is 0 Å². The zero-order chi connectivity index (χ0) is 20.4. The molecule has 2 heterocycles. The van der Waals surface area contributed by atoms with Crippen LogP contribution in [0, 0.1) is 12.8 Å². The Morgan fingerprint density at radius 3 is 2.45 bits per heavy atom. The molecule has 2 saturated heterocycles. The minimum Gasteiger partial charge on any atom is -0.495 e. The van der Waals surface area contributed by atoms with Crippen LogP contribution in [-0.2, 0) is 9.59 Å². The Kier molecular flexibility index (Phi) is 5.43. The molecule has 4 rings (SSSR count). The summed E-state index contributed by atoms with van der Waals surface area (Å²) >= 11 is 0. The molecule has 6 nitrogen and oxygen atoms in total. The summed E-state index contributed by atoms with van der Waals surface area (Å²) in [7, 11) is 1.58. The van der Waals surface area contributed by atoms with Gasteiger partial charge in [-0.2, -0.15) is 0 Å². The molecule has 1 N–H and O–H groups in total. The Morgan fingerprint density at radius 1 is 1.07 bits per heavy atom. The zero-order valence-corrected chi connectivity index (χ0v) is 17.0. The molecule has 2 aromatic rings. The van der Waals surface area contributed by atoms with Crippen molar-refractivity contribution in [1.82, 2.24) is 0 Å². The van der Waals surface area contributed by atoms with Crippen molar-refractivity contribution in [3.63, 3.8) is 0 Å². The molecule has 2 fully saturated rings. The molecule has 152 valence electrons. The van der Waals surface area contributed by atoms with Crippen molar-refractivity contribution < 1.29 is 14.3 Å². The third kappa shape index (κ3) is 4.06. The van der Waals surface area contributed by atoms with Gasteiger partial charge >= 0.3 is 0 Å². The smallest absolute Gasteiger partial charge is 0.229 e. The predicted octanol–water partition coefficient (Wildman–Crippen LogP) is 3.60. The van der Waals surface area contributed by atoms with Crippen molar-refractivity contribution in [2.24, 2.45) is 5.92 Å². The van der Waals surface area contributed by atoms with E-state index in [2.05, 4.69) is 22.3 Å². The van der Waals surface area contributed by atoms with Crippen molar-refractivity contribution >= 4 is 28.9 Å². The first kappa shape index (κ1) is 19.3. The topological polar surface area (TPSA) is 61.9 Å². The van der Waals surface area contributed by atoms with Gasteiger partial charge in [0.15, 0.2) is 0 Å². The summed E-state index contributed by atoms with van der Waals surface area (Å²) in [5.74, 6) is 0.0577. The lowest BCUT2D eigenvalue weighted by Gasteiger charge is -2.21. The molecule has 0 radical (unpaired) electrons. The summed E-state index contributed by atoms with van der Waals surface area (Å²) < 4.78 is 5.33. The summed E-state index contributed by atoms with van der Waals surface area (Å²) in [4.78, 5) is 29.4. The van der Waals surface area contributed by atoms with Crippen LogP contribution in [0.1, 0.15) is 24.8 Å². The fourth-order valence-corrected chi connectivity index (χ4v) is 4.11. The maximum atomic E-state index is 12.8. The lowest BCUT2D eigenvalue weighted by Crippen LogP contribution is -2.28. The van der Waals surface area contributed by atoms with E-state index in [9.17, 15) is 9.59 Å². The minimum atomic E-state index is -0.383. The Bertz CT molecular complexity index is 904. The monoisotopic (exact) mass is 393 g/mol. The standard InChI is InChI=1S/C23H27N3O3/c1-16-5-10-21(29-2)20(13-16)24-23(28)17-14-22(27)26(15-17)19-8-6-18(7-9-19)25-11-3-4-12-25/h5-10,13,17H,3-4,11-12,14-15H2,1-2H3,(H,24,28). The summed E-state index contributed by atoms with van der Waals surface area (Å²) in [6.07, 6.45) is 2.68. The molecule has 0 aliphatic carbocycles. The van der Waals surface area contributed by atoms with Gasteiger partial charge in [0.05, 0.1) is 18.7 Å². The Morgan fingerprint density at radius 2 is 1.76 bits per heavy atom. The fourth-order valence-electron chi connectivity index (χ4n) is 4.11. The van der Waals surface area contributed by atoms with Gasteiger partial charge < -0.3 is 19.9 Å². The van der Waals surface area contributed by atoms with Crippen LogP contribution >= 0.6 is 0 Å². The number of carbonyl (C=O) groups excluding carboxylic acids is 2. The van der Waals surface area contributed by atoms with Gasteiger partial charge in [-0.25, -0.2) is 0 Å². The van der Waals surface area contributed by atoms with Crippen LogP contribution in [0.2, 0.25) is 0 Å². The molecular formula is C23H27N3O3. The normalized spacial score (nSPS) is 19.0. The summed E-state index contributed by atoms with van der Waals surface area (Å²) in [6, 6.07) is 13.7. The number of methoxy groups -OCH3 is 1. The number of anilines is 3. The second-order valence-electron chi connectivity index (χ2n) is 7.81. The van der Waals surface area contributed by atoms with Crippen LogP contribution in [0.25, 0.3) is 0 Å². The molecular weight excluding hydrogens is 366 g/mol. The van der Waals surface area contributed by atoms with Crippen molar-refractivity contribution in [3.05, 3.63) is 48.0 Å². The number of aryl methyl sites for hydroxylation is 1. The van der Waals surface area contributed by atoms with Gasteiger partial charge in [-0.05, 0) is 61.7 Å². The molecule has 0 bridgehead atoms. The highest BCUT2D eigenvalue weighted by molar-refractivity contribution is 6.04. The maximum Gasteiger partial charge on any atom is 0.229 e. The number of amides is 2. The lowest BCUT2D eigenvalue weighted by molar-refractivity contribution is -0.122. The second-order valence-corrected chi connectivity index (χ2v) is 7.81. The third-order valence-corrected chi connectivity index (χ3v) is 5.74. The first-order valence-corrected chi connectivity index (χ1v) is 10.2. The van der Waals surface area contributed by atoms with Crippen LogP contribution < -0.4 is 19.9 Å². The largest absolute Gasteiger partial charge is 0.495 e. The fraction of sp³-hybridized carbons (Fsp3) is 0.391. The van der Waals surface area contributed by atoms with E-state index in [1.165, 1.54) is 18.5 Å². The van der Waals surface area contributed by atoms with Crippen LogP contribution in [0.3, 0.4) is 0 Å². The lowest BCUT2D eigenvalue weighted by atomic mass is 10.1. The van der Waals surface area contributed by atoms with Gasteiger partial charge in [0, 0.05) is 37.4 Å². The van der Waals surface area contributed by atoms with Crippen molar-refractivity contribution in [1.29, 1.82) is 0 Å². The van der Waals surface area contributed by atoms with Crippen molar-refractivity contribution in [3.8, 4) is 5.75 Å². The van der Waals surface area contributed by atoms with Gasteiger partial charge in [0.2, 0.25) is 11.8 Å². The second kappa shape index (κ2) is 8.15. The van der Waals surface area contributed by atoms with E-state index in [1.54, 1.807) is 12.0 Å². The highest BCUT2D eigenvalue weighted by atomic mass is 16.5. The number of nitrogens with zero attached hydrogens (tertiary/aromatic N) is 2. The summed E-state index contributed by atoms with van der Waals surface area (Å²) in [6.45, 7) is 4.53. The molecule has 2 aliphatic heterocycles. The van der Waals surface area contributed by atoms with Gasteiger partial charge in [-0.1, -0.05) is 6.07 Å². The minimum absolute atomic E-state index is 0.0183. The predicted molar refractivity (Wildman–Crippen MR) is 115 cm³/mol. The van der Waals surface area contributed by atoms with E-state index in [0.29, 0.717) is 18.0 Å². The van der Waals surface area contributed by atoms with E-state index >= 15 is 0 Å². The molecule has 2 amide bonds. The van der Waals surface area contributed by atoms with Gasteiger partial charge in [-0.3, -0.25) is 9.59 Å². The van der Waals surface area contributed by atoms with E-state index in [4.69, 9.17) is 4.74 Å². The number of hydrogen-bond acceptors (Lipinski definition) is 4. The molecule has 0 spiro atoms. The van der Waals surface area contributed by atoms with E-state index in [0.717, 1.165) is 24.3 Å². The Labute approximate surface area is 171 Å². The average Bonchev–Trinajstić information content (AvgIpc) is 3.38. The quantitative estimate of drug-likeness (QED) is 0.843. The summed E-state index contributed by atoms with van der Waals surface area (Å²) in [5.41, 5.74) is 3.71. The number of carbonyl (C=O) groups is 2. The first-order valence-electron chi connectivity index (χ1n) is 10.2. The molecule has 0 aromatic heterocycles. The number of benzene rings is 2. The Hall–Kier alpha value is -3.02. The van der Waals surface area contributed by atoms with E-state index in [1.807, 2.05) is 37.3 Å². The third-order valence-electron chi connectivity index (χ3n) is 5.74. The van der Waals surface area contributed by atoms with Crippen LogP contribution in [0.4, 0.5) is 17.1 Å². The molecule has 6 heteroatoms. The molecule has 1 atom stereocenters. The highest BCUT2D eigenvalue weighted by Crippen LogP contribution is 2.30. The van der Waals surface area contributed by atoms with Crippen LogP contribution in [0.5, 0.6) is 5.75 Å². The van der Waals surface area contributed by atoms with Crippen molar-refractivity contribution in [2.45, 2.75) is 26.2 Å². The maximum absolute atomic E-state index is 12.8.